The number of hydrogen-bond donors (Lipinski definition) is 3. The third-order valence-corrected chi connectivity index (χ3v) is 1.87. The molecule has 0 amide bonds. The van der Waals surface area contributed by atoms with E-state index in [1.54, 1.807) is 19.9 Å². The average Bonchev–Trinajstić information content (AvgIpc) is 2.23. The quantitative estimate of drug-likeness (QED) is 0.476. The van der Waals surface area contributed by atoms with Crippen LogP contribution in [0.5, 0.6) is 0 Å². The van der Waals surface area contributed by atoms with Gasteiger partial charge in [0.05, 0.1) is 0 Å². The van der Waals surface area contributed by atoms with Crippen molar-refractivity contribution < 1.29 is 19.8 Å². The molecule has 94 valence electrons. The molecule has 0 aliphatic heterocycles. The number of aliphatic carboxylic acids is 2. The van der Waals surface area contributed by atoms with E-state index in [1.807, 2.05) is 0 Å². The molecule has 0 rings (SSSR count). The van der Waals surface area contributed by atoms with Crippen LogP contribution in [0.3, 0.4) is 0 Å². The molecule has 0 spiro atoms. The average molecular weight is 231 g/mol. The molecule has 0 aromatic carbocycles. The van der Waals surface area contributed by atoms with Crippen LogP contribution in [0.25, 0.3) is 0 Å². The highest BCUT2D eigenvalue weighted by molar-refractivity contribution is 5.85. The highest BCUT2D eigenvalue weighted by atomic mass is 16.4. The molecule has 0 aliphatic carbocycles. The number of unbranched alkanes of at least 4 members (excludes halogenated alkanes) is 2. The fourth-order valence-electron chi connectivity index (χ4n) is 0.721. The van der Waals surface area contributed by atoms with Gasteiger partial charge in [0.2, 0.25) is 0 Å². The van der Waals surface area contributed by atoms with Crippen molar-refractivity contribution in [3.05, 3.63) is 11.6 Å². The lowest BCUT2D eigenvalue weighted by Crippen LogP contribution is -1.99. The second-order valence-electron chi connectivity index (χ2n) is 3.27. The van der Waals surface area contributed by atoms with Gasteiger partial charge in [-0.2, -0.15) is 0 Å². The minimum atomic E-state index is -0.845. The van der Waals surface area contributed by atoms with Gasteiger partial charge in [-0.15, -0.1) is 0 Å². The molecule has 0 aromatic rings. The van der Waals surface area contributed by atoms with Gasteiger partial charge in [-0.25, -0.2) is 4.79 Å². The maximum absolute atomic E-state index is 9.93. The molecule has 0 fully saturated rings. The van der Waals surface area contributed by atoms with Gasteiger partial charge in [0.15, 0.2) is 0 Å². The summed E-state index contributed by atoms with van der Waals surface area (Å²) in [6, 6.07) is 0. The van der Waals surface area contributed by atoms with E-state index < -0.39 is 11.9 Å². The molecule has 5 heteroatoms. The highest BCUT2D eigenvalue weighted by Gasteiger charge is 1.94. The topological polar surface area (TPSA) is 101 Å². The molecule has 0 radical (unpaired) electrons. The number of carbonyl (C=O) groups is 2. The van der Waals surface area contributed by atoms with Gasteiger partial charge in [-0.05, 0) is 33.2 Å². The minimum absolute atomic E-state index is 0.278. The van der Waals surface area contributed by atoms with Gasteiger partial charge < -0.3 is 15.9 Å². The van der Waals surface area contributed by atoms with Crippen molar-refractivity contribution in [2.24, 2.45) is 5.73 Å². The van der Waals surface area contributed by atoms with Crippen LogP contribution in [-0.2, 0) is 9.59 Å². The van der Waals surface area contributed by atoms with Gasteiger partial charge in [0, 0.05) is 12.0 Å². The van der Waals surface area contributed by atoms with Crippen LogP contribution in [0.2, 0.25) is 0 Å². The summed E-state index contributed by atoms with van der Waals surface area (Å²) in [6.45, 7) is 3.92. The van der Waals surface area contributed by atoms with Crippen molar-refractivity contribution >= 4 is 11.9 Å². The Hall–Kier alpha value is -1.36. The van der Waals surface area contributed by atoms with Crippen LogP contribution in [-0.4, -0.2) is 28.7 Å². The predicted octanol–water partition coefficient (Wildman–Crippen LogP) is 1.63. The van der Waals surface area contributed by atoms with E-state index in [0.717, 1.165) is 19.3 Å². The lowest BCUT2D eigenvalue weighted by Gasteiger charge is -1.93. The first-order valence-electron chi connectivity index (χ1n) is 5.23. The lowest BCUT2D eigenvalue weighted by atomic mass is 10.2. The largest absolute Gasteiger partial charge is 0.481 e. The number of nitrogens with two attached hydrogens (primary N) is 1. The van der Waals surface area contributed by atoms with Crippen LogP contribution >= 0.6 is 0 Å². The molecular formula is C11H21NO4. The molecule has 0 aliphatic rings. The Bertz CT molecular complexity index is 236. The zero-order valence-electron chi connectivity index (χ0n) is 9.90. The first kappa shape index (κ1) is 17.0. The molecule has 0 saturated heterocycles. The number of allylic oxidation sites excluding steroid dienone is 1. The maximum atomic E-state index is 9.93. The van der Waals surface area contributed by atoms with Crippen LogP contribution in [0.1, 0.15) is 39.5 Å². The molecule has 4 N–H and O–H groups in total. The Balaban J connectivity index is 0. The molecule has 0 aromatic heterocycles. The lowest BCUT2D eigenvalue weighted by molar-refractivity contribution is -0.137. The van der Waals surface area contributed by atoms with Crippen LogP contribution in [0.15, 0.2) is 11.6 Å². The minimum Gasteiger partial charge on any atom is -0.481 e. The van der Waals surface area contributed by atoms with E-state index >= 15 is 0 Å². The summed E-state index contributed by atoms with van der Waals surface area (Å²) in [5.41, 5.74) is 5.59. The van der Waals surface area contributed by atoms with Crippen LogP contribution in [0.4, 0.5) is 0 Å². The van der Waals surface area contributed by atoms with E-state index in [2.05, 4.69) is 0 Å². The summed E-state index contributed by atoms with van der Waals surface area (Å²) in [6.07, 6.45) is 4.46. The number of carboxylic acids is 2. The first-order valence-corrected chi connectivity index (χ1v) is 5.23. The van der Waals surface area contributed by atoms with Crippen molar-refractivity contribution in [2.75, 3.05) is 6.54 Å². The Morgan fingerprint density at radius 1 is 1.19 bits per heavy atom. The molecule has 0 saturated carbocycles. The van der Waals surface area contributed by atoms with E-state index in [9.17, 15) is 9.59 Å². The van der Waals surface area contributed by atoms with Crippen LogP contribution < -0.4 is 5.73 Å². The van der Waals surface area contributed by atoms with Crippen LogP contribution in [0, 0.1) is 0 Å². The molecule has 5 nitrogen and oxygen atoms in total. The van der Waals surface area contributed by atoms with Crippen molar-refractivity contribution in [2.45, 2.75) is 39.5 Å². The number of carboxylic acid groups (broad SMARTS) is 2. The smallest absolute Gasteiger partial charge is 0.330 e. The zero-order chi connectivity index (χ0) is 13.0. The predicted molar refractivity (Wildman–Crippen MR) is 62.2 cm³/mol. The zero-order valence-corrected chi connectivity index (χ0v) is 9.90. The molecule has 0 atom stereocenters. The van der Waals surface area contributed by atoms with Crippen molar-refractivity contribution in [1.82, 2.24) is 0 Å². The molecule has 0 bridgehead atoms. The Morgan fingerprint density at radius 2 is 1.75 bits per heavy atom. The fourth-order valence-corrected chi connectivity index (χ4v) is 0.721. The highest BCUT2D eigenvalue weighted by Crippen LogP contribution is 1.97. The molecule has 0 unspecified atom stereocenters. The standard InChI is InChI=1S/C6H13NO2.C5H8O2/c7-5-3-1-2-4-6(8)9;1-3-4(2)5(6)7/h1-5,7H2,(H,8,9);3H,1-2H3,(H,6,7). The van der Waals surface area contributed by atoms with Gasteiger partial charge in [0.25, 0.3) is 0 Å². The third-order valence-electron chi connectivity index (χ3n) is 1.87. The van der Waals surface area contributed by atoms with E-state index in [1.165, 1.54) is 0 Å². The molecule has 16 heavy (non-hydrogen) atoms. The van der Waals surface area contributed by atoms with E-state index in [-0.39, 0.29) is 6.42 Å². The Morgan fingerprint density at radius 3 is 2.00 bits per heavy atom. The Kier molecular flexibility index (Phi) is 12.5. The summed E-state index contributed by atoms with van der Waals surface area (Å²) in [5.74, 6) is -1.56. The van der Waals surface area contributed by atoms with Gasteiger partial charge in [0.1, 0.15) is 0 Å². The summed E-state index contributed by atoms with van der Waals surface area (Å²) in [7, 11) is 0. The summed E-state index contributed by atoms with van der Waals surface area (Å²) in [4.78, 5) is 19.8. The number of hydrogen-bond acceptors (Lipinski definition) is 3. The van der Waals surface area contributed by atoms with E-state index in [4.69, 9.17) is 15.9 Å². The second-order valence-corrected chi connectivity index (χ2v) is 3.27. The summed E-state index contributed by atoms with van der Waals surface area (Å²) in [5, 5.41) is 16.3. The fraction of sp³-hybridized carbons (Fsp3) is 0.636. The van der Waals surface area contributed by atoms with Gasteiger partial charge in [-0.1, -0.05) is 12.5 Å². The summed E-state index contributed by atoms with van der Waals surface area (Å²) < 4.78 is 0. The monoisotopic (exact) mass is 231 g/mol. The third kappa shape index (κ3) is 15.1. The van der Waals surface area contributed by atoms with Gasteiger partial charge >= 0.3 is 11.9 Å². The molecule has 0 heterocycles. The maximum Gasteiger partial charge on any atom is 0.330 e. The Labute approximate surface area is 96.0 Å². The number of rotatable bonds is 6. The van der Waals surface area contributed by atoms with Crippen molar-refractivity contribution in [3.8, 4) is 0 Å². The summed E-state index contributed by atoms with van der Waals surface area (Å²) >= 11 is 0. The second kappa shape index (κ2) is 11.7. The first-order chi connectivity index (χ1) is 7.45. The SMILES string of the molecule is CC=C(C)C(=O)O.NCCCCCC(=O)O. The van der Waals surface area contributed by atoms with Crippen molar-refractivity contribution in [1.29, 1.82) is 0 Å². The van der Waals surface area contributed by atoms with Crippen molar-refractivity contribution in [3.63, 3.8) is 0 Å². The molecular weight excluding hydrogens is 210 g/mol. The van der Waals surface area contributed by atoms with E-state index in [0.29, 0.717) is 12.1 Å². The van der Waals surface area contributed by atoms with Gasteiger partial charge in [-0.3, -0.25) is 4.79 Å². The normalized spacial score (nSPS) is 10.3.